The summed E-state index contributed by atoms with van der Waals surface area (Å²) in [7, 11) is -3.91. The van der Waals surface area contributed by atoms with Crippen molar-refractivity contribution in [1.82, 2.24) is 15.1 Å². The Morgan fingerprint density at radius 1 is 1.07 bits per heavy atom. The van der Waals surface area contributed by atoms with Crippen molar-refractivity contribution >= 4 is 56.6 Å². The Balaban J connectivity index is 1.77. The van der Waals surface area contributed by atoms with E-state index in [1.165, 1.54) is 11.1 Å². The van der Waals surface area contributed by atoms with Crippen LogP contribution in [-0.4, -0.2) is 50.3 Å². The number of hydrogen-bond donors (Lipinski definition) is 1. The Morgan fingerprint density at radius 2 is 1.74 bits per heavy atom. The molecule has 3 aromatic rings. The molecule has 230 valence electrons. The van der Waals surface area contributed by atoms with Crippen molar-refractivity contribution in [2.45, 2.75) is 110 Å². The number of amides is 1. The minimum Gasteiger partial charge on any atom is -0.415 e. The van der Waals surface area contributed by atoms with Crippen LogP contribution >= 0.6 is 23.2 Å². The molecule has 2 aromatic carbocycles. The molecule has 0 radical (unpaired) electrons. The van der Waals surface area contributed by atoms with Crippen molar-refractivity contribution in [3.63, 3.8) is 0 Å². The molecule has 4 rings (SSSR count). The van der Waals surface area contributed by atoms with Crippen molar-refractivity contribution < 1.29 is 13.6 Å². The number of hydrogen-bond acceptors (Lipinski definition) is 4. The number of halogens is 2. The van der Waals surface area contributed by atoms with Crippen LogP contribution in [0.2, 0.25) is 47.9 Å². The number of aromatic nitrogens is 2. The molecule has 1 aliphatic heterocycles. The average molecular weight is 649 g/mol. The maximum Gasteiger partial charge on any atom is 0.227 e. The van der Waals surface area contributed by atoms with Gasteiger partial charge in [0.15, 0.2) is 21.8 Å². The molecule has 0 bridgehead atoms. The summed E-state index contributed by atoms with van der Waals surface area (Å²) in [5.74, 6) is -0.00772. The number of H-pyrrole nitrogens is 1. The Kier molecular flexibility index (Phi) is 9.23. The predicted molar refractivity (Wildman–Crippen MR) is 180 cm³/mol. The molecule has 2 atom stereocenters. The van der Waals surface area contributed by atoms with Crippen LogP contribution in [0.5, 0.6) is 0 Å². The van der Waals surface area contributed by atoms with Gasteiger partial charge in [-0.3, -0.25) is 9.89 Å². The molecule has 1 aromatic heterocycles. The maximum atomic E-state index is 14.3. The first-order chi connectivity index (χ1) is 19.2. The normalized spacial score (nSPS) is 18.5. The van der Waals surface area contributed by atoms with Crippen molar-refractivity contribution in [2.75, 3.05) is 6.61 Å². The second-order valence-electron chi connectivity index (χ2n) is 14.6. The van der Waals surface area contributed by atoms with Crippen LogP contribution in [-0.2, 0) is 32.1 Å². The summed E-state index contributed by atoms with van der Waals surface area (Å²) >= 11 is 13.1. The number of nitrogens with one attached hydrogen (secondary N) is 1. The van der Waals surface area contributed by atoms with E-state index >= 15 is 0 Å². The van der Waals surface area contributed by atoms with Crippen molar-refractivity contribution in [3.05, 3.63) is 62.8 Å². The topological polar surface area (TPSA) is 67.5 Å². The van der Waals surface area contributed by atoms with E-state index in [9.17, 15) is 4.79 Å². The predicted octanol–water partition coefficient (Wildman–Crippen LogP) is 9.04. The maximum absolute atomic E-state index is 14.3. The van der Waals surface area contributed by atoms with Crippen molar-refractivity contribution in [1.29, 1.82) is 0 Å². The zero-order chi connectivity index (χ0) is 31.4. The molecule has 42 heavy (non-hydrogen) atoms. The standard InChI is InChI=1S/C32H47Cl2N3O3Si2/c1-20-22-13-12-14-25(32(5,6)40-41(7,8)9)23(22)17-21(19-39-42(10,11)31(2,3)4)37(20)28(38)18-24-26(33)15-16-27-29(24)30(34)36-35-27/h12-16,20-21H,17-19H2,1-11H3,(H,35,36)/t20-,21+/m0/s1. The van der Waals surface area contributed by atoms with E-state index in [-0.39, 0.29) is 29.4 Å². The fourth-order valence-corrected chi connectivity index (χ4v) is 9.19. The third-order valence-corrected chi connectivity index (χ3v) is 15.2. The quantitative estimate of drug-likeness (QED) is 0.248. The molecule has 0 spiro atoms. The second kappa shape index (κ2) is 11.7. The monoisotopic (exact) mass is 647 g/mol. The lowest BCUT2D eigenvalue weighted by Crippen LogP contribution is -2.52. The molecular formula is C32H47Cl2N3O3Si2. The van der Waals surface area contributed by atoms with Crippen LogP contribution in [0.15, 0.2) is 30.3 Å². The van der Waals surface area contributed by atoms with E-state index in [4.69, 9.17) is 32.1 Å². The molecule has 10 heteroatoms. The van der Waals surface area contributed by atoms with Crippen LogP contribution in [0.1, 0.15) is 69.8 Å². The van der Waals surface area contributed by atoms with Crippen LogP contribution < -0.4 is 0 Å². The molecule has 0 aliphatic carbocycles. The lowest BCUT2D eigenvalue weighted by Gasteiger charge is -2.46. The molecular weight excluding hydrogens is 601 g/mol. The minimum absolute atomic E-state index is 0.00772. The summed E-state index contributed by atoms with van der Waals surface area (Å²) in [6.07, 6.45) is 0.814. The summed E-state index contributed by atoms with van der Waals surface area (Å²) in [4.78, 5) is 16.4. The average Bonchev–Trinajstić information content (AvgIpc) is 3.22. The van der Waals surface area contributed by atoms with Crippen molar-refractivity contribution in [2.24, 2.45) is 0 Å². The number of carbonyl (C=O) groups is 1. The SMILES string of the molecule is C[C@H]1c2cccc(C(C)(C)O[Si](C)(C)C)c2C[C@H](CO[Si](C)(C)C(C)(C)C)N1C(=O)Cc1c(Cl)ccc2[nH]nc(Cl)c12. The summed E-state index contributed by atoms with van der Waals surface area (Å²) in [5.41, 5.74) is 4.61. The zero-order valence-electron chi connectivity index (χ0n) is 27.0. The molecule has 0 saturated heterocycles. The van der Waals surface area contributed by atoms with E-state index in [1.54, 1.807) is 6.07 Å². The number of aromatic amines is 1. The highest BCUT2D eigenvalue weighted by Gasteiger charge is 2.42. The minimum atomic E-state index is -2.07. The van der Waals surface area contributed by atoms with E-state index < -0.39 is 22.2 Å². The summed E-state index contributed by atoms with van der Waals surface area (Å²) in [6, 6.07) is 9.77. The fourth-order valence-electron chi connectivity index (χ4n) is 6.02. The van der Waals surface area contributed by atoms with Gasteiger partial charge >= 0.3 is 0 Å². The van der Waals surface area contributed by atoms with Gasteiger partial charge in [-0.1, -0.05) is 62.2 Å². The summed E-state index contributed by atoms with van der Waals surface area (Å²) < 4.78 is 13.5. The Hall–Kier alpha value is -1.69. The lowest BCUT2D eigenvalue weighted by molar-refractivity contribution is -0.137. The number of rotatable bonds is 8. The third-order valence-electron chi connectivity index (χ3n) is 8.92. The molecule has 1 aliphatic rings. The molecule has 2 heterocycles. The molecule has 6 nitrogen and oxygen atoms in total. The number of benzene rings is 2. The summed E-state index contributed by atoms with van der Waals surface area (Å²) in [6.45, 7) is 24.9. The van der Waals surface area contributed by atoms with Gasteiger partial charge in [-0.05, 0) is 99.4 Å². The van der Waals surface area contributed by atoms with Crippen LogP contribution in [0, 0.1) is 0 Å². The van der Waals surface area contributed by atoms with Gasteiger partial charge in [0, 0.05) is 10.4 Å². The van der Waals surface area contributed by atoms with E-state index in [0.717, 1.165) is 11.1 Å². The van der Waals surface area contributed by atoms with E-state index in [2.05, 4.69) is 103 Å². The van der Waals surface area contributed by atoms with Crippen molar-refractivity contribution in [3.8, 4) is 0 Å². The molecule has 1 N–H and O–H groups in total. The highest BCUT2D eigenvalue weighted by atomic mass is 35.5. The van der Waals surface area contributed by atoms with Gasteiger partial charge in [-0.2, -0.15) is 5.10 Å². The van der Waals surface area contributed by atoms with Gasteiger partial charge in [-0.15, -0.1) is 0 Å². The van der Waals surface area contributed by atoms with Crippen LogP contribution in [0.25, 0.3) is 10.9 Å². The van der Waals surface area contributed by atoms with Gasteiger partial charge < -0.3 is 13.8 Å². The van der Waals surface area contributed by atoms with Crippen LogP contribution in [0.4, 0.5) is 0 Å². The van der Waals surface area contributed by atoms with E-state index in [1.807, 2.05) is 11.0 Å². The Labute approximate surface area is 263 Å². The number of carbonyl (C=O) groups excluding carboxylic acids is 1. The Morgan fingerprint density at radius 3 is 2.36 bits per heavy atom. The number of nitrogens with zero attached hydrogens (tertiary/aromatic N) is 2. The van der Waals surface area contributed by atoms with E-state index in [0.29, 0.717) is 34.2 Å². The zero-order valence-corrected chi connectivity index (χ0v) is 30.5. The van der Waals surface area contributed by atoms with Gasteiger partial charge in [-0.25, -0.2) is 0 Å². The Bertz CT molecular complexity index is 1470. The number of fused-ring (bicyclic) bond motifs is 2. The smallest absolute Gasteiger partial charge is 0.227 e. The first kappa shape index (κ1) is 33.2. The van der Waals surface area contributed by atoms with Gasteiger partial charge in [0.05, 0.1) is 36.2 Å². The molecule has 0 unspecified atom stereocenters. The molecule has 0 fully saturated rings. The van der Waals surface area contributed by atoms with Gasteiger partial charge in [0.2, 0.25) is 5.91 Å². The van der Waals surface area contributed by atoms with Gasteiger partial charge in [0.1, 0.15) is 0 Å². The first-order valence-electron chi connectivity index (χ1n) is 14.8. The van der Waals surface area contributed by atoms with Gasteiger partial charge in [0.25, 0.3) is 0 Å². The fraction of sp³-hybridized carbons (Fsp3) is 0.562. The van der Waals surface area contributed by atoms with Crippen LogP contribution in [0.3, 0.4) is 0 Å². The second-order valence-corrected chi connectivity index (χ2v) is 24.6. The molecule has 1 amide bonds. The highest BCUT2D eigenvalue weighted by molar-refractivity contribution is 6.74. The highest BCUT2D eigenvalue weighted by Crippen LogP contribution is 2.42. The largest absolute Gasteiger partial charge is 0.415 e. The molecule has 0 saturated carbocycles. The third kappa shape index (κ3) is 6.69. The first-order valence-corrected chi connectivity index (χ1v) is 21.9. The lowest BCUT2D eigenvalue weighted by atomic mass is 9.81. The summed E-state index contributed by atoms with van der Waals surface area (Å²) in [5, 5.41) is 8.66.